The molecule has 1 amide bonds. The standard InChI is InChI=1S/C17H18FNO/c1-12-8-9-15(10-16(12)18)17(20)19-11-13(2)14-6-4-3-5-7-14/h3-10,13H,11H2,1-2H3,(H,19,20)/t13-/m1/s1. The number of hydrogen-bond donors (Lipinski definition) is 1. The van der Waals surface area contributed by atoms with Crippen LogP contribution in [-0.2, 0) is 0 Å². The van der Waals surface area contributed by atoms with Crippen molar-refractivity contribution in [3.63, 3.8) is 0 Å². The Bertz CT molecular complexity index is 595. The van der Waals surface area contributed by atoms with Gasteiger partial charge in [-0.05, 0) is 36.1 Å². The summed E-state index contributed by atoms with van der Waals surface area (Å²) in [6, 6.07) is 14.5. The fourth-order valence-electron chi connectivity index (χ4n) is 1.98. The number of carbonyl (C=O) groups excluding carboxylic acids is 1. The summed E-state index contributed by atoms with van der Waals surface area (Å²) >= 11 is 0. The Labute approximate surface area is 118 Å². The van der Waals surface area contributed by atoms with Crippen LogP contribution in [0.4, 0.5) is 4.39 Å². The molecule has 0 aliphatic carbocycles. The van der Waals surface area contributed by atoms with Crippen molar-refractivity contribution in [3.8, 4) is 0 Å². The van der Waals surface area contributed by atoms with Crippen LogP contribution in [0.25, 0.3) is 0 Å². The van der Waals surface area contributed by atoms with Gasteiger partial charge < -0.3 is 5.32 Å². The molecular weight excluding hydrogens is 253 g/mol. The van der Waals surface area contributed by atoms with Crippen LogP contribution in [0.15, 0.2) is 48.5 Å². The molecule has 2 aromatic carbocycles. The van der Waals surface area contributed by atoms with Gasteiger partial charge in [0, 0.05) is 12.1 Å². The van der Waals surface area contributed by atoms with Crippen molar-refractivity contribution < 1.29 is 9.18 Å². The summed E-state index contributed by atoms with van der Waals surface area (Å²) in [5, 5.41) is 2.84. The maximum absolute atomic E-state index is 13.4. The lowest BCUT2D eigenvalue weighted by atomic mass is 10.0. The van der Waals surface area contributed by atoms with Crippen LogP contribution < -0.4 is 5.32 Å². The van der Waals surface area contributed by atoms with Gasteiger partial charge in [0.2, 0.25) is 0 Å². The second-order valence-corrected chi connectivity index (χ2v) is 4.99. The molecule has 1 N–H and O–H groups in total. The van der Waals surface area contributed by atoms with E-state index in [0.717, 1.165) is 0 Å². The molecular formula is C17H18FNO. The molecule has 0 spiro atoms. The van der Waals surface area contributed by atoms with Gasteiger partial charge in [0.25, 0.3) is 5.91 Å². The van der Waals surface area contributed by atoms with Gasteiger partial charge in [0.1, 0.15) is 5.82 Å². The lowest BCUT2D eigenvalue weighted by Gasteiger charge is -2.13. The molecule has 3 heteroatoms. The van der Waals surface area contributed by atoms with Gasteiger partial charge in [-0.25, -0.2) is 4.39 Å². The van der Waals surface area contributed by atoms with Crippen LogP contribution >= 0.6 is 0 Å². The fourth-order valence-corrected chi connectivity index (χ4v) is 1.98. The molecule has 0 unspecified atom stereocenters. The molecule has 0 aromatic heterocycles. The maximum Gasteiger partial charge on any atom is 0.251 e. The molecule has 0 aliphatic heterocycles. The van der Waals surface area contributed by atoms with Gasteiger partial charge in [0.15, 0.2) is 0 Å². The summed E-state index contributed by atoms with van der Waals surface area (Å²) in [6.07, 6.45) is 0. The highest BCUT2D eigenvalue weighted by Gasteiger charge is 2.10. The summed E-state index contributed by atoms with van der Waals surface area (Å²) in [4.78, 5) is 12.0. The van der Waals surface area contributed by atoms with Crippen LogP contribution in [-0.4, -0.2) is 12.5 Å². The van der Waals surface area contributed by atoms with E-state index in [1.807, 2.05) is 37.3 Å². The van der Waals surface area contributed by atoms with E-state index in [1.54, 1.807) is 19.1 Å². The zero-order chi connectivity index (χ0) is 14.5. The van der Waals surface area contributed by atoms with E-state index in [4.69, 9.17) is 0 Å². The first kappa shape index (κ1) is 14.3. The van der Waals surface area contributed by atoms with Gasteiger partial charge in [-0.15, -0.1) is 0 Å². The van der Waals surface area contributed by atoms with E-state index >= 15 is 0 Å². The zero-order valence-electron chi connectivity index (χ0n) is 11.7. The van der Waals surface area contributed by atoms with Crippen LogP contribution in [0.1, 0.15) is 34.3 Å². The number of benzene rings is 2. The van der Waals surface area contributed by atoms with Crippen LogP contribution in [0.5, 0.6) is 0 Å². The average Bonchev–Trinajstić information content (AvgIpc) is 2.48. The predicted molar refractivity (Wildman–Crippen MR) is 78.3 cm³/mol. The third kappa shape index (κ3) is 3.44. The molecule has 0 saturated carbocycles. The average molecular weight is 271 g/mol. The Morgan fingerprint density at radius 1 is 1.20 bits per heavy atom. The summed E-state index contributed by atoms with van der Waals surface area (Å²) in [6.45, 7) is 4.25. The normalized spacial score (nSPS) is 11.9. The van der Waals surface area contributed by atoms with Crippen LogP contribution in [0.3, 0.4) is 0 Å². The van der Waals surface area contributed by atoms with Gasteiger partial charge in [-0.3, -0.25) is 4.79 Å². The summed E-state index contributed by atoms with van der Waals surface area (Å²) in [5.41, 5.74) is 2.07. The molecule has 2 aromatic rings. The van der Waals surface area contributed by atoms with Gasteiger partial charge in [-0.2, -0.15) is 0 Å². The Morgan fingerprint density at radius 2 is 1.90 bits per heavy atom. The topological polar surface area (TPSA) is 29.1 Å². The van der Waals surface area contributed by atoms with Crippen molar-refractivity contribution in [1.29, 1.82) is 0 Å². The van der Waals surface area contributed by atoms with Crippen LogP contribution in [0, 0.1) is 12.7 Å². The first-order valence-electron chi connectivity index (χ1n) is 6.67. The summed E-state index contributed by atoms with van der Waals surface area (Å²) in [5.74, 6) is -0.379. The molecule has 2 rings (SSSR count). The Morgan fingerprint density at radius 3 is 2.55 bits per heavy atom. The van der Waals surface area contributed by atoms with E-state index in [0.29, 0.717) is 17.7 Å². The first-order chi connectivity index (χ1) is 9.58. The second-order valence-electron chi connectivity index (χ2n) is 4.99. The fraction of sp³-hybridized carbons (Fsp3) is 0.235. The van der Waals surface area contributed by atoms with Crippen molar-refractivity contribution in [2.75, 3.05) is 6.54 Å². The van der Waals surface area contributed by atoms with Crippen molar-refractivity contribution >= 4 is 5.91 Å². The Hall–Kier alpha value is -2.16. The minimum atomic E-state index is -0.353. The zero-order valence-corrected chi connectivity index (χ0v) is 11.7. The number of amides is 1. The lowest BCUT2D eigenvalue weighted by Crippen LogP contribution is -2.27. The van der Waals surface area contributed by atoms with E-state index in [2.05, 4.69) is 5.32 Å². The van der Waals surface area contributed by atoms with Crippen molar-refractivity contribution in [1.82, 2.24) is 5.32 Å². The van der Waals surface area contributed by atoms with E-state index in [-0.39, 0.29) is 17.6 Å². The molecule has 0 fully saturated rings. The lowest BCUT2D eigenvalue weighted by molar-refractivity contribution is 0.0951. The molecule has 1 atom stereocenters. The smallest absolute Gasteiger partial charge is 0.251 e. The van der Waals surface area contributed by atoms with Crippen molar-refractivity contribution in [2.45, 2.75) is 19.8 Å². The Balaban J connectivity index is 1.97. The third-order valence-electron chi connectivity index (χ3n) is 3.37. The number of rotatable bonds is 4. The molecule has 20 heavy (non-hydrogen) atoms. The molecule has 2 nitrogen and oxygen atoms in total. The molecule has 0 radical (unpaired) electrons. The van der Waals surface area contributed by atoms with Crippen LogP contribution in [0.2, 0.25) is 0 Å². The quantitative estimate of drug-likeness (QED) is 0.903. The molecule has 0 aliphatic rings. The summed E-state index contributed by atoms with van der Waals surface area (Å²) in [7, 11) is 0. The minimum absolute atomic E-state index is 0.218. The highest BCUT2D eigenvalue weighted by molar-refractivity contribution is 5.94. The number of hydrogen-bond acceptors (Lipinski definition) is 1. The van der Waals surface area contributed by atoms with Gasteiger partial charge >= 0.3 is 0 Å². The molecule has 0 saturated heterocycles. The number of nitrogens with one attached hydrogen (secondary N) is 1. The number of carbonyl (C=O) groups is 1. The second kappa shape index (κ2) is 6.33. The van der Waals surface area contributed by atoms with Crippen molar-refractivity contribution in [3.05, 3.63) is 71.0 Å². The van der Waals surface area contributed by atoms with Crippen molar-refractivity contribution in [2.24, 2.45) is 0 Å². The SMILES string of the molecule is Cc1ccc(C(=O)NC[C@@H](C)c2ccccc2)cc1F. The van der Waals surface area contributed by atoms with E-state index in [1.165, 1.54) is 11.6 Å². The first-order valence-corrected chi connectivity index (χ1v) is 6.67. The number of halogens is 1. The third-order valence-corrected chi connectivity index (χ3v) is 3.37. The molecule has 0 heterocycles. The number of aryl methyl sites for hydroxylation is 1. The summed E-state index contributed by atoms with van der Waals surface area (Å²) < 4.78 is 13.4. The molecule has 0 bridgehead atoms. The monoisotopic (exact) mass is 271 g/mol. The minimum Gasteiger partial charge on any atom is -0.351 e. The maximum atomic E-state index is 13.4. The predicted octanol–water partition coefficient (Wildman–Crippen LogP) is 3.67. The Kier molecular flexibility index (Phi) is 4.51. The van der Waals surface area contributed by atoms with E-state index < -0.39 is 0 Å². The van der Waals surface area contributed by atoms with E-state index in [9.17, 15) is 9.18 Å². The van der Waals surface area contributed by atoms with Gasteiger partial charge in [0.05, 0.1) is 0 Å². The van der Waals surface area contributed by atoms with Gasteiger partial charge in [-0.1, -0.05) is 43.3 Å². The molecule has 104 valence electrons. The largest absolute Gasteiger partial charge is 0.351 e. The highest BCUT2D eigenvalue weighted by atomic mass is 19.1. The highest BCUT2D eigenvalue weighted by Crippen LogP contribution is 2.14.